The number of fused-ring (bicyclic) bond motifs is 3. The molecule has 4 aromatic rings. The van der Waals surface area contributed by atoms with E-state index in [1.54, 1.807) is 48.5 Å². The predicted molar refractivity (Wildman–Crippen MR) is 243 cm³/mol. The van der Waals surface area contributed by atoms with Crippen LogP contribution in [0.3, 0.4) is 0 Å². The van der Waals surface area contributed by atoms with Crippen molar-refractivity contribution in [1.29, 1.82) is 0 Å². The van der Waals surface area contributed by atoms with Gasteiger partial charge in [-0.15, -0.1) is 0 Å². The standard InChI is InChI=1S/C48H52ClN7O9/c1-47(2)48(35-16-13-31(49)27-37(35)53-46(48)62)40(29-7-4-3-5-8-29)41(55-47)44(60)52-32-14-11-30(12-15-32)42(58)51-20-22-64-24-26-65-25-23-63-21-19-50-36-10-6-9-33-34(36)28-56(45(33)61)38-17-18-39(57)54-43(38)59/h3-16,27,38,40-41,50,55H,17-26,28H2,1-2H3,(H,51,58)(H,52,60)(H,53,62)(H,54,57,59)/t38?,40-,41+,48+/m0/s1. The summed E-state index contributed by atoms with van der Waals surface area (Å²) in [6.07, 6.45) is 0.515. The monoisotopic (exact) mass is 905 g/mol. The Kier molecular flexibility index (Phi) is 13.6. The fraction of sp³-hybridized carbons (Fsp3) is 0.375. The summed E-state index contributed by atoms with van der Waals surface area (Å²) < 4.78 is 16.9. The molecule has 17 heteroatoms. The van der Waals surface area contributed by atoms with Gasteiger partial charge in [-0.2, -0.15) is 0 Å². The van der Waals surface area contributed by atoms with Gasteiger partial charge in [0, 0.05) is 76.3 Å². The number of carbonyl (C=O) groups is 6. The van der Waals surface area contributed by atoms with E-state index in [-0.39, 0.29) is 55.7 Å². The van der Waals surface area contributed by atoms with Gasteiger partial charge < -0.3 is 40.4 Å². The maximum absolute atomic E-state index is 14.1. The second kappa shape index (κ2) is 19.5. The molecule has 0 aromatic heterocycles. The quantitative estimate of drug-likeness (QED) is 0.0612. The molecule has 0 radical (unpaired) electrons. The van der Waals surface area contributed by atoms with Crippen LogP contribution in [0.15, 0.2) is 91.0 Å². The van der Waals surface area contributed by atoms with Crippen molar-refractivity contribution < 1.29 is 43.0 Å². The molecule has 1 unspecified atom stereocenters. The van der Waals surface area contributed by atoms with E-state index in [1.807, 2.05) is 56.3 Å². The van der Waals surface area contributed by atoms with Crippen molar-refractivity contribution in [2.24, 2.45) is 0 Å². The third kappa shape index (κ3) is 9.22. The van der Waals surface area contributed by atoms with Crippen LogP contribution in [0.25, 0.3) is 0 Å². The molecule has 0 saturated carbocycles. The molecule has 2 fully saturated rings. The molecule has 0 bridgehead atoms. The van der Waals surface area contributed by atoms with Crippen LogP contribution in [0.1, 0.15) is 70.0 Å². The van der Waals surface area contributed by atoms with E-state index in [1.165, 1.54) is 4.90 Å². The van der Waals surface area contributed by atoms with Crippen LogP contribution in [0, 0.1) is 0 Å². The van der Waals surface area contributed by atoms with Crippen molar-refractivity contribution in [1.82, 2.24) is 20.9 Å². The lowest BCUT2D eigenvalue weighted by Gasteiger charge is -2.40. The van der Waals surface area contributed by atoms with Gasteiger partial charge in [-0.1, -0.05) is 54.1 Å². The van der Waals surface area contributed by atoms with Crippen LogP contribution < -0.4 is 31.9 Å². The van der Waals surface area contributed by atoms with E-state index >= 15 is 0 Å². The minimum Gasteiger partial charge on any atom is -0.382 e. The van der Waals surface area contributed by atoms with Crippen LogP contribution in [0.2, 0.25) is 5.02 Å². The van der Waals surface area contributed by atoms with Crippen molar-refractivity contribution in [3.05, 3.63) is 124 Å². The predicted octanol–water partition coefficient (Wildman–Crippen LogP) is 4.36. The molecule has 8 rings (SSSR count). The molecule has 1 spiro atoms. The first kappa shape index (κ1) is 45.4. The van der Waals surface area contributed by atoms with Gasteiger partial charge in [0.05, 0.1) is 45.7 Å². The molecule has 6 N–H and O–H groups in total. The van der Waals surface area contributed by atoms with Gasteiger partial charge in [0.15, 0.2) is 0 Å². The van der Waals surface area contributed by atoms with Crippen molar-refractivity contribution in [2.45, 2.75) is 62.2 Å². The van der Waals surface area contributed by atoms with Crippen LogP contribution in [-0.2, 0) is 45.3 Å². The van der Waals surface area contributed by atoms with E-state index in [2.05, 4.69) is 31.9 Å². The number of hydrogen-bond donors (Lipinski definition) is 6. The lowest BCUT2D eigenvalue weighted by molar-refractivity contribution is -0.137. The highest BCUT2D eigenvalue weighted by molar-refractivity contribution is 6.31. The molecule has 2 saturated heterocycles. The van der Waals surface area contributed by atoms with Crippen LogP contribution >= 0.6 is 11.6 Å². The Bertz CT molecular complexity index is 2470. The number of hydrogen-bond acceptors (Lipinski definition) is 11. The number of rotatable bonds is 18. The van der Waals surface area contributed by atoms with Gasteiger partial charge in [0.25, 0.3) is 11.8 Å². The van der Waals surface area contributed by atoms with Crippen molar-refractivity contribution in [3.63, 3.8) is 0 Å². The highest BCUT2D eigenvalue weighted by Gasteiger charge is 2.69. The zero-order valence-corrected chi connectivity index (χ0v) is 36.9. The summed E-state index contributed by atoms with van der Waals surface area (Å²) in [5.74, 6) is -2.34. The fourth-order valence-electron chi connectivity index (χ4n) is 9.60. The summed E-state index contributed by atoms with van der Waals surface area (Å²) in [5, 5.41) is 18.5. The lowest BCUT2D eigenvalue weighted by Crippen LogP contribution is -2.55. The number of imide groups is 1. The summed E-state index contributed by atoms with van der Waals surface area (Å²) in [6, 6.07) is 25.6. The van der Waals surface area contributed by atoms with E-state index in [9.17, 15) is 28.8 Å². The zero-order valence-electron chi connectivity index (χ0n) is 36.2. The summed E-state index contributed by atoms with van der Waals surface area (Å²) in [6.45, 7) is 7.10. The minimum atomic E-state index is -1.12. The zero-order chi connectivity index (χ0) is 45.7. The van der Waals surface area contributed by atoms with Crippen LogP contribution in [0.5, 0.6) is 0 Å². The minimum absolute atomic E-state index is 0.201. The maximum Gasteiger partial charge on any atom is 0.255 e. The Balaban J connectivity index is 0.719. The average Bonchev–Trinajstić information content (AvgIpc) is 3.88. The lowest BCUT2D eigenvalue weighted by atomic mass is 9.60. The van der Waals surface area contributed by atoms with Crippen molar-refractivity contribution >= 4 is 64.1 Å². The highest BCUT2D eigenvalue weighted by atomic mass is 35.5. The Morgan fingerprint density at radius 3 is 2.25 bits per heavy atom. The molecule has 4 heterocycles. The molecule has 340 valence electrons. The van der Waals surface area contributed by atoms with Gasteiger partial charge >= 0.3 is 0 Å². The maximum atomic E-state index is 14.1. The Labute approximate surface area is 381 Å². The first-order valence-electron chi connectivity index (χ1n) is 21.8. The molecule has 16 nitrogen and oxygen atoms in total. The topological polar surface area (TPSA) is 206 Å². The largest absolute Gasteiger partial charge is 0.382 e. The number of piperidine rings is 1. The van der Waals surface area contributed by atoms with Crippen LogP contribution in [-0.4, -0.2) is 111 Å². The smallest absolute Gasteiger partial charge is 0.255 e. The number of ether oxygens (including phenoxy) is 3. The third-order valence-corrected chi connectivity index (χ3v) is 12.8. The molecule has 4 aliphatic rings. The summed E-state index contributed by atoms with van der Waals surface area (Å²) in [7, 11) is 0. The average molecular weight is 906 g/mol. The number of nitrogens with one attached hydrogen (secondary N) is 6. The number of carbonyl (C=O) groups excluding carboxylic acids is 6. The van der Waals surface area contributed by atoms with Gasteiger partial charge in [0.2, 0.25) is 23.6 Å². The Hall–Kier alpha value is -6.17. The first-order chi connectivity index (χ1) is 31.4. The Morgan fingerprint density at radius 2 is 1.52 bits per heavy atom. The fourth-order valence-corrected chi connectivity index (χ4v) is 9.77. The summed E-state index contributed by atoms with van der Waals surface area (Å²) in [4.78, 5) is 79.6. The first-order valence-corrected chi connectivity index (χ1v) is 22.1. The van der Waals surface area contributed by atoms with Gasteiger partial charge in [-0.25, -0.2) is 0 Å². The van der Waals surface area contributed by atoms with Gasteiger partial charge in [0.1, 0.15) is 11.5 Å². The van der Waals surface area contributed by atoms with E-state index in [0.29, 0.717) is 73.5 Å². The number of anilines is 3. The molecule has 65 heavy (non-hydrogen) atoms. The number of benzene rings is 4. The summed E-state index contributed by atoms with van der Waals surface area (Å²) in [5.41, 5.74) is 3.39. The van der Waals surface area contributed by atoms with Crippen molar-refractivity contribution in [3.8, 4) is 0 Å². The second-order valence-corrected chi connectivity index (χ2v) is 17.3. The van der Waals surface area contributed by atoms with Gasteiger partial charge in [-0.3, -0.25) is 39.4 Å². The second-order valence-electron chi connectivity index (χ2n) is 16.9. The molecular formula is C48H52ClN7O9. The van der Waals surface area contributed by atoms with Crippen molar-refractivity contribution in [2.75, 3.05) is 68.7 Å². The molecular weight excluding hydrogens is 854 g/mol. The Morgan fingerprint density at radius 1 is 0.815 bits per heavy atom. The summed E-state index contributed by atoms with van der Waals surface area (Å²) >= 11 is 6.32. The number of nitrogens with zero attached hydrogens (tertiary/aromatic N) is 1. The third-order valence-electron chi connectivity index (χ3n) is 12.6. The molecule has 6 amide bonds. The SMILES string of the molecule is CC1(C)N[C@@H](C(=O)Nc2ccc(C(=O)NCCOCCOCCOCCNc3cccc4c3CN(C3CCC(=O)NC3=O)C4=O)cc2)[C@H](c2ccccc2)[C@]12C(=O)Nc1cc(Cl)ccc12. The van der Waals surface area contributed by atoms with E-state index in [0.717, 1.165) is 22.4 Å². The van der Waals surface area contributed by atoms with Crippen LogP contribution in [0.4, 0.5) is 17.1 Å². The van der Waals surface area contributed by atoms with Gasteiger partial charge in [-0.05, 0) is 79.9 Å². The van der Waals surface area contributed by atoms with E-state index < -0.39 is 34.9 Å². The number of amides is 6. The number of halogens is 1. The van der Waals surface area contributed by atoms with E-state index in [4.69, 9.17) is 25.8 Å². The molecule has 4 aromatic carbocycles. The molecule has 4 atom stereocenters. The highest BCUT2D eigenvalue weighted by Crippen LogP contribution is 2.58. The molecule has 0 aliphatic carbocycles. The normalized spacial score (nSPS) is 21.8. The molecule has 4 aliphatic heterocycles.